The molecular weight excluding hydrogens is 434 g/mol. The van der Waals surface area contributed by atoms with E-state index in [1.807, 2.05) is 11.8 Å². The zero-order chi connectivity index (χ0) is 23.3. The Balaban J connectivity index is 1.81. The predicted molar refractivity (Wildman–Crippen MR) is 124 cm³/mol. The van der Waals surface area contributed by atoms with Gasteiger partial charge in [-0.2, -0.15) is 0 Å². The molecule has 3 rings (SSSR count). The highest BCUT2D eigenvalue weighted by molar-refractivity contribution is 7.84. The number of hydrogen-bond donors (Lipinski definition) is 1. The highest BCUT2D eigenvalue weighted by atomic mass is 32.2. The number of piperidine rings is 1. The first-order valence-corrected chi connectivity index (χ1v) is 12.0. The number of ether oxygens (including phenoxy) is 2. The Morgan fingerprint density at radius 3 is 2.53 bits per heavy atom. The number of nitro benzene ring substituents is 1. The Bertz CT molecular complexity index is 1020. The Hall–Kier alpha value is -3.14. The molecule has 1 unspecified atom stereocenters. The molecule has 2 N–H and O–H groups in total. The summed E-state index contributed by atoms with van der Waals surface area (Å²) in [5.74, 6) is 0.889. The minimum Gasteiger partial charge on any atom is -0.466 e. The molecule has 1 aliphatic heterocycles. The average Bonchev–Trinajstić information content (AvgIpc) is 2.80. The van der Waals surface area contributed by atoms with Crippen molar-refractivity contribution in [3.63, 3.8) is 0 Å². The molecule has 2 aromatic carbocycles. The van der Waals surface area contributed by atoms with Crippen molar-refractivity contribution in [3.8, 4) is 11.5 Å². The van der Waals surface area contributed by atoms with Gasteiger partial charge in [-0.05, 0) is 44.9 Å². The van der Waals surface area contributed by atoms with Crippen LogP contribution < -0.4 is 15.4 Å². The van der Waals surface area contributed by atoms with Crippen LogP contribution in [0.5, 0.6) is 11.5 Å². The van der Waals surface area contributed by atoms with Gasteiger partial charge in [0, 0.05) is 31.3 Å². The molecule has 32 heavy (non-hydrogen) atoms. The predicted octanol–water partition coefficient (Wildman–Crippen LogP) is 3.82. The lowest BCUT2D eigenvalue weighted by atomic mass is 9.96. The van der Waals surface area contributed by atoms with E-state index >= 15 is 0 Å². The molecule has 0 bridgehead atoms. The largest absolute Gasteiger partial charge is 0.466 e. The van der Waals surface area contributed by atoms with Gasteiger partial charge in [0.05, 0.1) is 23.1 Å². The summed E-state index contributed by atoms with van der Waals surface area (Å²) in [6.45, 7) is 4.94. The minimum absolute atomic E-state index is 0.0322. The molecule has 0 spiro atoms. The van der Waals surface area contributed by atoms with Crippen LogP contribution in [-0.2, 0) is 24.5 Å². The SMILES string of the molecule is CCOC(=O)C1CCN(c2cc(Oc3ccc([SH+](=O)CC)cc3N)ccc2[N+](=O)[O-])CC1. The van der Waals surface area contributed by atoms with E-state index in [4.69, 9.17) is 15.2 Å². The van der Waals surface area contributed by atoms with E-state index in [9.17, 15) is 19.1 Å². The third-order valence-corrected chi connectivity index (χ3v) is 6.82. The van der Waals surface area contributed by atoms with Crippen LogP contribution in [0.4, 0.5) is 17.1 Å². The molecular formula is C22H28N3O6S+. The minimum atomic E-state index is -1.50. The molecule has 1 saturated heterocycles. The van der Waals surface area contributed by atoms with Crippen LogP contribution in [0.1, 0.15) is 26.7 Å². The molecule has 1 atom stereocenters. The van der Waals surface area contributed by atoms with Gasteiger partial charge in [-0.3, -0.25) is 14.9 Å². The lowest BCUT2D eigenvalue weighted by molar-refractivity contribution is -0.384. The average molecular weight is 463 g/mol. The maximum absolute atomic E-state index is 12.0. The second-order valence-electron chi connectivity index (χ2n) is 7.44. The Morgan fingerprint density at radius 1 is 1.22 bits per heavy atom. The fourth-order valence-corrected chi connectivity index (χ4v) is 4.57. The zero-order valence-electron chi connectivity index (χ0n) is 18.2. The Morgan fingerprint density at radius 2 is 1.94 bits per heavy atom. The van der Waals surface area contributed by atoms with Crippen molar-refractivity contribution in [1.82, 2.24) is 0 Å². The normalized spacial score (nSPS) is 15.2. The molecule has 0 amide bonds. The fourth-order valence-electron chi connectivity index (χ4n) is 3.68. The quantitative estimate of drug-likeness (QED) is 0.157. The first kappa shape index (κ1) is 23.5. The number of nitrogens with zero attached hydrogens (tertiary/aromatic N) is 2. The van der Waals surface area contributed by atoms with Gasteiger partial charge in [0.1, 0.15) is 28.0 Å². The summed E-state index contributed by atoms with van der Waals surface area (Å²) in [5, 5.41) is 11.6. The van der Waals surface area contributed by atoms with Crippen LogP contribution in [0.2, 0.25) is 0 Å². The number of benzene rings is 2. The molecule has 1 fully saturated rings. The maximum Gasteiger partial charge on any atom is 0.309 e. The van der Waals surface area contributed by atoms with E-state index in [2.05, 4.69) is 0 Å². The van der Waals surface area contributed by atoms with E-state index in [-0.39, 0.29) is 17.6 Å². The van der Waals surface area contributed by atoms with Crippen molar-refractivity contribution in [3.05, 3.63) is 46.5 Å². The first-order valence-electron chi connectivity index (χ1n) is 10.6. The van der Waals surface area contributed by atoms with Crippen molar-refractivity contribution in [2.24, 2.45) is 5.92 Å². The molecule has 0 saturated carbocycles. The second kappa shape index (κ2) is 10.4. The first-order chi connectivity index (χ1) is 15.3. The van der Waals surface area contributed by atoms with Crippen LogP contribution in [0.25, 0.3) is 0 Å². The Labute approximate surface area is 189 Å². The number of nitrogens with two attached hydrogens (primary N) is 1. The zero-order valence-corrected chi connectivity index (χ0v) is 19.0. The van der Waals surface area contributed by atoms with Crippen molar-refractivity contribution < 1.29 is 23.4 Å². The van der Waals surface area contributed by atoms with Crippen molar-refractivity contribution in [1.29, 1.82) is 0 Å². The van der Waals surface area contributed by atoms with Gasteiger partial charge < -0.3 is 20.1 Å². The van der Waals surface area contributed by atoms with Gasteiger partial charge in [0.25, 0.3) is 5.69 Å². The van der Waals surface area contributed by atoms with Crippen LogP contribution in [0.15, 0.2) is 41.3 Å². The third kappa shape index (κ3) is 5.37. The molecule has 0 aliphatic carbocycles. The maximum atomic E-state index is 12.0. The number of hydrogen-bond acceptors (Lipinski definition) is 8. The van der Waals surface area contributed by atoms with Gasteiger partial charge in [-0.15, -0.1) is 4.21 Å². The standard InChI is InChI=1S/C22H27N3O6S/c1-3-30-22(26)15-9-11-24(12-10-15)20-13-16(5-7-19(20)25(27)28)31-21-8-6-17(14-18(21)23)32(29)4-2/h5-8,13-15H,3-4,9-12,23H2,1-2H3/p+1. The summed E-state index contributed by atoms with van der Waals surface area (Å²) in [5.41, 5.74) is 6.81. The van der Waals surface area contributed by atoms with Crippen molar-refractivity contribution in [2.45, 2.75) is 31.6 Å². The molecule has 10 heteroatoms. The van der Waals surface area contributed by atoms with Gasteiger partial charge >= 0.3 is 5.97 Å². The molecule has 2 aromatic rings. The number of carbonyl (C=O) groups is 1. The molecule has 1 heterocycles. The van der Waals surface area contributed by atoms with E-state index in [1.54, 1.807) is 31.2 Å². The lowest BCUT2D eigenvalue weighted by Crippen LogP contribution is -2.37. The van der Waals surface area contributed by atoms with Crippen molar-refractivity contribution in [2.75, 3.05) is 36.1 Å². The highest BCUT2D eigenvalue weighted by Gasteiger charge is 2.29. The lowest BCUT2D eigenvalue weighted by Gasteiger charge is -2.32. The Kier molecular flexibility index (Phi) is 7.68. The molecule has 172 valence electrons. The third-order valence-electron chi connectivity index (χ3n) is 5.40. The summed E-state index contributed by atoms with van der Waals surface area (Å²) >= 11 is 0. The molecule has 1 aliphatic rings. The molecule has 9 nitrogen and oxygen atoms in total. The van der Waals surface area contributed by atoms with Gasteiger partial charge in [-0.1, -0.05) is 0 Å². The number of esters is 1. The van der Waals surface area contributed by atoms with Gasteiger partial charge in [0.15, 0.2) is 10.6 Å². The van der Waals surface area contributed by atoms with Crippen LogP contribution >= 0.6 is 0 Å². The molecule has 0 radical (unpaired) electrons. The van der Waals surface area contributed by atoms with Gasteiger partial charge in [0.2, 0.25) is 0 Å². The summed E-state index contributed by atoms with van der Waals surface area (Å²) in [6.07, 6.45) is 1.12. The van der Waals surface area contributed by atoms with E-state index in [0.29, 0.717) is 66.1 Å². The van der Waals surface area contributed by atoms with Crippen LogP contribution in [0.3, 0.4) is 0 Å². The molecule has 0 aromatic heterocycles. The second-order valence-corrected chi connectivity index (χ2v) is 9.35. The number of nitro groups is 1. The topological polar surface area (TPSA) is 125 Å². The monoisotopic (exact) mass is 462 g/mol. The summed E-state index contributed by atoms with van der Waals surface area (Å²) in [6, 6.07) is 9.53. The van der Waals surface area contributed by atoms with Crippen molar-refractivity contribution >= 4 is 33.8 Å². The van der Waals surface area contributed by atoms with Gasteiger partial charge in [-0.25, -0.2) is 0 Å². The number of nitrogen functional groups attached to an aromatic ring is 1. The van der Waals surface area contributed by atoms with E-state index in [0.717, 1.165) is 0 Å². The fraction of sp³-hybridized carbons (Fsp3) is 0.409. The summed E-state index contributed by atoms with van der Waals surface area (Å²) < 4.78 is 23.0. The highest BCUT2D eigenvalue weighted by Crippen LogP contribution is 2.37. The number of carbonyl (C=O) groups excluding carboxylic acids is 1. The summed E-state index contributed by atoms with van der Waals surface area (Å²) in [4.78, 5) is 25.7. The summed E-state index contributed by atoms with van der Waals surface area (Å²) in [7, 11) is -1.50. The van der Waals surface area contributed by atoms with Crippen LogP contribution in [-0.4, -0.2) is 36.3 Å². The van der Waals surface area contributed by atoms with E-state index < -0.39 is 15.7 Å². The smallest absolute Gasteiger partial charge is 0.309 e. The van der Waals surface area contributed by atoms with Crippen LogP contribution in [0, 0.1) is 16.0 Å². The number of rotatable bonds is 8. The number of thiol groups is 1. The van der Waals surface area contributed by atoms with E-state index in [1.165, 1.54) is 12.1 Å². The number of anilines is 2.